The topological polar surface area (TPSA) is 44.1 Å². The third-order valence-corrected chi connectivity index (χ3v) is 1.99. The first-order valence-electron chi connectivity index (χ1n) is 4.55. The van der Waals surface area contributed by atoms with E-state index in [1.165, 1.54) is 0 Å². The summed E-state index contributed by atoms with van der Waals surface area (Å²) in [6.45, 7) is 4.06. The molecule has 76 valence electrons. The molecule has 0 N–H and O–H groups in total. The van der Waals surface area contributed by atoms with Gasteiger partial charge in [-0.3, -0.25) is 4.79 Å². The van der Waals surface area contributed by atoms with Crippen molar-refractivity contribution in [2.24, 2.45) is 0 Å². The van der Waals surface area contributed by atoms with Crippen LogP contribution in [0.3, 0.4) is 0 Å². The van der Waals surface area contributed by atoms with Crippen LogP contribution in [0.2, 0.25) is 0 Å². The van der Waals surface area contributed by atoms with Crippen LogP contribution in [0, 0.1) is 11.3 Å². The van der Waals surface area contributed by atoms with Gasteiger partial charge in [0.05, 0.1) is 11.6 Å². The molecule has 0 aromatic heterocycles. The van der Waals surface area contributed by atoms with Gasteiger partial charge in [-0.05, 0) is 18.2 Å². The smallest absolute Gasteiger partial charge is 0.253 e. The fourth-order valence-electron chi connectivity index (χ4n) is 1.22. The van der Waals surface area contributed by atoms with E-state index in [-0.39, 0.29) is 5.91 Å². The Hall–Kier alpha value is -2.08. The summed E-state index contributed by atoms with van der Waals surface area (Å²) in [6, 6.07) is 8.66. The van der Waals surface area contributed by atoms with Gasteiger partial charge in [0.1, 0.15) is 0 Å². The van der Waals surface area contributed by atoms with E-state index in [4.69, 9.17) is 5.26 Å². The Morgan fingerprint density at radius 2 is 2.40 bits per heavy atom. The van der Waals surface area contributed by atoms with E-state index < -0.39 is 0 Å². The van der Waals surface area contributed by atoms with Gasteiger partial charge < -0.3 is 4.90 Å². The van der Waals surface area contributed by atoms with E-state index in [0.717, 1.165) is 0 Å². The Balaban J connectivity index is 2.91. The van der Waals surface area contributed by atoms with Crippen molar-refractivity contribution in [1.82, 2.24) is 4.90 Å². The van der Waals surface area contributed by atoms with E-state index >= 15 is 0 Å². The van der Waals surface area contributed by atoms with Crippen LogP contribution in [0.5, 0.6) is 0 Å². The first-order valence-corrected chi connectivity index (χ1v) is 4.55. The van der Waals surface area contributed by atoms with Gasteiger partial charge >= 0.3 is 0 Å². The Kier molecular flexibility index (Phi) is 3.64. The lowest BCUT2D eigenvalue weighted by molar-refractivity contribution is 0.0810. The maximum atomic E-state index is 11.8. The summed E-state index contributed by atoms with van der Waals surface area (Å²) in [6.07, 6.45) is 1.66. The molecule has 0 saturated heterocycles. The van der Waals surface area contributed by atoms with Crippen LogP contribution in [0.25, 0.3) is 0 Å². The van der Waals surface area contributed by atoms with Crippen LogP contribution >= 0.6 is 0 Å². The maximum absolute atomic E-state index is 11.8. The second kappa shape index (κ2) is 4.97. The Bertz CT molecular complexity index is 418. The molecule has 3 nitrogen and oxygen atoms in total. The summed E-state index contributed by atoms with van der Waals surface area (Å²) >= 11 is 0. The average Bonchev–Trinajstić information content (AvgIpc) is 2.28. The lowest BCUT2D eigenvalue weighted by Crippen LogP contribution is -2.26. The summed E-state index contributed by atoms with van der Waals surface area (Å²) in [5.41, 5.74) is 1.02. The lowest BCUT2D eigenvalue weighted by Gasteiger charge is -2.14. The molecule has 3 heteroatoms. The highest BCUT2D eigenvalue weighted by Crippen LogP contribution is 2.06. The average molecular weight is 200 g/mol. The summed E-state index contributed by atoms with van der Waals surface area (Å²) in [5, 5.41) is 8.69. The molecule has 0 aliphatic carbocycles. The largest absolute Gasteiger partial charge is 0.338 e. The van der Waals surface area contributed by atoms with Crippen molar-refractivity contribution in [3.63, 3.8) is 0 Å². The van der Waals surface area contributed by atoms with E-state index in [9.17, 15) is 4.79 Å². The standard InChI is InChI=1S/C12H12N2O/c1-3-7-14(2)12(15)11-6-4-5-10(8-11)9-13/h3-6,8H,1,7H2,2H3. The van der Waals surface area contributed by atoms with Crippen molar-refractivity contribution in [2.75, 3.05) is 13.6 Å². The van der Waals surface area contributed by atoms with Crippen molar-refractivity contribution in [2.45, 2.75) is 0 Å². The van der Waals surface area contributed by atoms with E-state index in [1.807, 2.05) is 6.07 Å². The van der Waals surface area contributed by atoms with Gasteiger partial charge in [0.15, 0.2) is 0 Å². The fraction of sp³-hybridized carbons (Fsp3) is 0.167. The van der Waals surface area contributed by atoms with Crippen molar-refractivity contribution < 1.29 is 4.79 Å². The zero-order chi connectivity index (χ0) is 11.3. The lowest BCUT2D eigenvalue weighted by atomic mass is 10.1. The van der Waals surface area contributed by atoms with Crippen LogP contribution in [0.1, 0.15) is 15.9 Å². The molecule has 0 fully saturated rings. The molecule has 0 aliphatic heterocycles. The predicted octanol–water partition coefficient (Wildman–Crippen LogP) is 1.82. The zero-order valence-corrected chi connectivity index (χ0v) is 8.60. The van der Waals surface area contributed by atoms with Gasteiger partial charge in [-0.2, -0.15) is 5.26 Å². The molecule has 15 heavy (non-hydrogen) atoms. The number of carbonyl (C=O) groups excluding carboxylic acids is 1. The van der Waals surface area contributed by atoms with Crippen molar-refractivity contribution in [3.8, 4) is 6.07 Å². The third-order valence-electron chi connectivity index (χ3n) is 1.99. The number of hydrogen-bond acceptors (Lipinski definition) is 2. The van der Waals surface area contributed by atoms with E-state index in [2.05, 4.69) is 6.58 Å². The minimum absolute atomic E-state index is 0.105. The zero-order valence-electron chi connectivity index (χ0n) is 8.60. The van der Waals surface area contributed by atoms with Crippen LogP contribution in [0.4, 0.5) is 0 Å². The summed E-state index contributed by atoms with van der Waals surface area (Å²) in [4.78, 5) is 13.3. The third kappa shape index (κ3) is 2.68. The molecule has 0 heterocycles. The molecule has 1 aromatic rings. The van der Waals surface area contributed by atoms with Crippen LogP contribution in [0.15, 0.2) is 36.9 Å². The first-order chi connectivity index (χ1) is 7.19. The highest BCUT2D eigenvalue weighted by molar-refractivity contribution is 5.94. The van der Waals surface area contributed by atoms with Gasteiger partial charge in [-0.25, -0.2) is 0 Å². The second-order valence-electron chi connectivity index (χ2n) is 3.17. The number of rotatable bonds is 3. The van der Waals surface area contributed by atoms with Gasteiger partial charge in [0.2, 0.25) is 0 Å². The number of nitriles is 1. The molecule has 0 unspecified atom stereocenters. The predicted molar refractivity (Wildman–Crippen MR) is 58.3 cm³/mol. The molecule has 0 saturated carbocycles. The van der Waals surface area contributed by atoms with Gasteiger partial charge in [-0.1, -0.05) is 12.1 Å². The van der Waals surface area contributed by atoms with E-state index in [0.29, 0.717) is 17.7 Å². The number of carbonyl (C=O) groups is 1. The SMILES string of the molecule is C=CCN(C)C(=O)c1cccc(C#N)c1. The van der Waals surface area contributed by atoms with Gasteiger partial charge in [-0.15, -0.1) is 6.58 Å². The van der Waals surface area contributed by atoms with Crippen molar-refractivity contribution in [3.05, 3.63) is 48.0 Å². The minimum Gasteiger partial charge on any atom is -0.338 e. The Morgan fingerprint density at radius 3 is 3.00 bits per heavy atom. The number of nitrogens with zero attached hydrogens (tertiary/aromatic N) is 2. The van der Waals surface area contributed by atoms with Crippen LogP contribution < -0.4 is 0 Å². The number of hydrogen-bond donors (Lipinski definition) is 0. The maximum Gasteiger partial charge on any atom is 0.253 e. The second-order valence-corrected chi connectivity index (χ2v) is 3.17. The molecule has 1 amide bonds. The molecule has 0 aliphatic rings. The molecule has 1 rings (SSSR count). The number of likely N-dealkylation sites (N-methyl/N-ethyl adjacent to an activating group) is 1. The summed E-state index contributed by atoms with van der Waals surface area (Å²) in [7, 11) is 1.70. The highest BCUT2D eigenvalue weighted by Gasteiger charge is 2.10. The molecule has 0 radical (unpaired) electrons. The van der Waals surface area contributed by atoms with Crippen LogP contribution in [-0.2, 0) is 0 Å². The Labute approximate surface area is 89.2 Å². The number of amides is 1. The monoisotopic (exact) mass is 200 g/mol. The van der Waals surface area contributed by atoms with E-state index in [1.54, 1.807) is 42.3 Å². The van der Waals surface area contributed by atoms with Crippen LogP contribution in [-0.4, -0.2) is 24.4 Å². The van der Waals surface area contributed by atoms with Crippen molar-refractivity contribution >= 4 is 5.91 Å². The Morgan fingerprint density at radius 1 is 1.67 bits per heavy atom. The van der Waals surface area contributed by atoms with Gasteiger partial charge in [0, 0.05) is 19.2 Å². The molecular formula is C12H12N2O. The number of benzene rings is 1. The molecule has 0 atom stereocenters. The first kappa shape index (κ1) is 11.0. The van der Waals surface area contributed by atoms with Gasteiger partial charge in [0.25, 0.3) is 5.91 Å². The molecule has 0 bridgehead atoms. The minimum atomic E-state index is -0.105. The molecule has 0 spiro atoms. The quantitative estimate of drug-likeness (QED) is 0.698. The summed E-state index contributed by atoms with van der Waals surface area (Å²) in [5.74, 6) is -0.105. The molecule has 1 aromatic carbocycles. The molecular weight excluding hydrogens is 188 g/mol. The fourth-order valence-corrected chi connectivity index (χ4v) is 1.22. The highest BCUT2D eigenvalue weighted by atomic mass is 16.2. The normalized spacial score (nSPS) is 9.07. The summed E-state index contributed by atoms with van der Waals surface area (Å²) < 4.78 is 0. The van der Waals surface area contributed by atoms with Crippen molar-refractivity contribution in [1.29, 1.82) is 5.26 Å².